The quantitative estimate of drug-likeness (QED) is 0.655. The van der Waals surface area contributed by atoms with Gasteiger partial charge in [0.25, 0.3) is 0 Å². The summed E-state index contributed by atoms with van der Waals surface area (Å²) in [6, 6.07) is 6.88. The number of nitrogens with one attached hydrogen (secondary N) is 1. The largest absolute Gasteiger partial charge is 0.293 e. The first-order valence-electron chi connectivity index (χ1n) is 6.02. The third-order valence-electron chi connectivity index (χ3n) is 2.50. The van der Waals surface area contributed by atoms with Gasteiger partial charge in [0.05, 0.1) is 5.75 Å². The molecule has 0 radical (unpaired) electrons. The molecule has 2 rings (SSSR count). The number of rotatable bonds is 6. The molecular weight excluding hydrogens is 282 g/mol. The number of aromatic nitrogens is 3. The van der Waals surface area contributed by atoms with Gasteiger partial charge in [0.2, 0.25) is 5.16 Å². The van der Waals surface area contributed by atoms with E-state index in [-0.39, 0.29) is 5.78 Å². The summed E-state index contributed by atoms with van der Waals surface area (Å²) < 4.78 is 0. The van der Waals surface area contributed by atoms with Crippen molar-refractivity contribution in [3.63, 3.8) is 0 Å². The standard InChI is InChI=1S/C13H14ClN3OS/c1-2-3-12-15-13(17-16-12)19-8-11(18)9-4-6-10(14)7-5-9/h4-7H,2-3,8H2,1H3,(H,15,16,17). The maximum Gasteiger partial charge on any atom is 0.208 e. The second-order valence-corrected chi connectivity index (χ2v) is 5.41. The van der Waals surface area contributed by atoms with Crippen LogP contribution in [0.25, 0.3) is 0 Å². The van der Waals surface area contributed by atoms with Gasteiger partial charge in [-0.15, -0.1) is 5.10 Å². The van der Waals surface area contributed by atoms with Crippen molar-refractivity contribution < 1.29 is 4.79 Å². The topological polar surface area (TPSA) is 58.6 Å². The Morgan fingerprint density at radius 1 is 1.37 bits per heavy atom. The van der Waals surface area contributed by atoms with Gasteiger partial charge in [-0.25, -0.2) is 4.98 Å². The van der Waals surface area contributed by atoms with Crippen LogP contribution in [0, 0.1) is 0 Å². The Hall–Kier alpha value is -1.33. The monoisotopic (exact) mass is 295 g/mol. The summed E-state index contributed by atoms with van der Waals surface area (Å²) in [6.07, 6.45) is 1.89. The van der Waals surface area contributed by atoms with E-state index < -0.39 is 0 Å². The Labute approximate surface area is 121 Å². The number of Topliss-reactive ketones (excluding diaryl/α,β-unsaturated/α-hetero) is 1. The number of hydrogen-bond acceptors (Lipinski definition) is 4. The lowest BCUT2D eigenvalue weighted by molar-refractivity contribution is 0.102. The van der Waals surface area contributed by atoms with E-state index in [0.29, 0.717) is 21.5 Å². The molecule has 0 amide bonds. The SMILES string of the molecule is CCCc1nc(SCC(=O)c2ccc(Cl)cc2)n[nH]1. The maximum atomic E-state index is 11.9. The molecule has 4 nitrogen and oxygen atoms in total. The van der Waals surface area contributed by atoms with Crippen molar-refractivity contribution in [2.45, 2.75) is 24.9 Å². The summed E-state index contributed by atoms with van der Waals surface area (Å²) in [5, 5.41) is 8.18. The fraction of sp³-hybridized carbons (Fsp3) is 0.308. The normalized spacial score (nSPS) is 10.6. The number of H-pyrrole nitrogens is 1. The summed E-state index contributed by atoms with van der Waals surface area (Å²) in [5.74, 6) is 1.23. The predicted octanol–water partition coefficient (Wildman–Crippen LogP) is 3.39. The van der Waals surface area contributed by atoms with E-state index in [0.717, 1.165) is 18.7 Å². The van der Waals surface area contributed by atoms with Crippen LogP contribution in [0.1, 0.15) is 29.5 Å². The number of nitrogens with zero attached hydrogens (tertiary/aromatic N) is 2. The van der Waals surface area contributed by atoms with Crippen LogP contribution in [-0.2, 0) is 6.42 Å². The predicted molar refractivity (Wildman–Crippen MR) is 76.9 cm³/mol. The Morgan fingerprint density at radius 2 is 2.11 bits per heavy atom. The molecule has 19 heavy (non-hydrogen) atoms. The van der Waals surface area contributed by atoms with E-state index in [1.807, 2.05) is 0 Å². The molecular formula is C13H14ClN3OS. The number of hydrogen-bond donors (Lipinski definition) is 1. The molecule has 100 valence electrons. The van der Waals surface area contributed by atoms with Gasteiger partial charge in [-0.1, -0.05) is 30.3 Å². The number of carbonyl (C=O) groups excluding carboxylic acids is 1. The average molecular weight is 296 g/mol. The number of halogens is 1. The Morgan fingerprint density at radius 3 is 2.79 bits per heavy atom. The summed E-state index contributed by atoms with van der Waals surface area (Å²) in [4.78, 5) is 16.2. The molecule has 0 aliphatic rings. The second-order valence-electron chi connectivity index (χ2n) is 4.03. The third kappa shape index (κ3) is 4.08. The zero-order chi connectivity index (χ0) is 13.7. The molecule has 0 unspecified atom stereocenters. The average Bonchev–Trinajstić information content (AvgIpc) is 2.85. The Kier molecular flexibility index (Phi) is 4.99. The van der Waals surface area contributed by atoms with E-state index >= 15 is 0 Å². The molecule has 1 N–H and O–H groups in total. The molecule has 6 heteroatoms. The van der Waals surface area contributed by atoms with Gasteiger partial charge in [-0.3, -0.25) is 9.89 Å². The van der Waals surface area contributed by atoms with Crippen molar-refractivity contribution in [1.29, 1.82) is 0 Å². The number of thioether (sulfide) groups is 1. The fourth-order valence-electron chi connectivity index (χ4n) is 1.54. The van der Waals surface area contributed by atoms with Crippen LogP contribution in [0.2, 0.25) is 5.02 Å². The number of aromatic amines is 1. The van der Waals surface area contributed by atoms with Gasteiger partial charge in [-0.2, -0.15) is 0 Å². The minimum atomic E-state index is 0.0449. The number of carbonyl (C=O) groups is 1. The molecule has 0 aliphatic heterocycles. The molecule has 1 aromatic carbocycles. The van der Waals surface area contributed by atoms with E-state index in [2.05, 4.69) is 22.1 Å². The van der Waals surface area contributed by atoms with Crippen molar-refractivity contribution >= 4 is 29.1 Å². The highest BCUT2D eigenvalue weighted by Gasteiger charge is 2.09. The highest BCUT2D eigenvalue weighted by atomic mass is 35.5. The molecule has 0 saturated heterocycles. The summed E-state index contributed by atoms with van der Waals surface area (Å²) >= 11 is 7.12. The molecule has 1 heterocycles. The van der Waals surface area contributed by atoms with Crippen molar-refractivity contribution in [2.24, 2.45) is 0 Å². The first-order valence-corrected chi connectivity index (χ1v) is 7.38. The zero-order valence-electron chi connectivity index (χ0n) is 10.5. The van der Waals surface area contributed by atoms with E-state index in [1.165, 1.54) is 11.8 Å². The lowest BCUT2D eigenvalue weighted by atomic mass is 10.1. The smallest absolute Gasteiger partial charge is 0.208 e. The van der Waals surface area contributed by atoms with Crippen molar-refractivity contribution in [3.05, 3.63) is 40.7 Å². The van der Waals surface area contributed by atoms with Crippen LogP contribution in [0.3, 0.4) is 0 Å². The molecule has 0 fully saturated rings. The van der Waals surface area contributed by atoms with Gasteiger partial charge in [0.15, 0.2) is 5.78 Å². The van der Waals surface area contributed by atoms with Gasteiger partial charge < -0.3 is 0 Å². The Bertz CT molecular complexity index is 553. The molecule has 0 saturated carbocycles. The van der Waals surface area contributed by atoms with Gasteiger partial charge in [0.1, 0.15) is 5.82 Å². The molecule has 1 aromatic heterocycles. The van der Waals surface area contributed by atoms with Crippen molar-refractivity contribution in [1.82, 2.24) is 15.2 Å². The second kappa shape index (κ2) is 6.73. The number of ketones is 1. The van der Waals surface area contributed by atoms with Crippen molar-refractivity contribution in [2.75, 3.05) is 5.75 Å². The Balaban J connectivity index is 1.90. The lowest BCUT2D eigenvalue weighted by Crippen LogP contribution is -2.02. The van der Waals surface area contributed by atoms with Crippen LogP contribution < -0.4 is 0 Å². The fourth-order valence-corrected chi connectivity index (χ4v) is 2.38. The van der Waals surface area contributed by atoms with Gasteiger partial charge >= 0.3 is 0 Å². The number of benzene rings is 1. The summed E-state index contributed by atoms with van der Waals surface area (Å²) in [7, 11) is 0. The van der Waals surface area contributed by atoms with Crippen molar-refractivity contribution in [3.8, 4) is 0 Å². The number of aryl methyl sites for hydroxylation is 1. The molecule has 2 aromatic rings. The van der Waals surface area contributed by atoms with Crippen LogP contribution in [0.4, 0.5) is 0 Å². The molecule has 0 bridgehead atoms. The van der Waals surface area contributed by atoms with Gasteiger partial charge in [0, 0.05) is 17.0 Å². The van der Waals surface area contributed by atoms with Crippen LogP contribution in [0.5, 0.6) is 0 Å². The highest BCUT2D eigenvalue weighted by Crippen LogP contribution is 2.16. The summed E-state index contributed by atoms with van der Waals surface area (Å²) in [5.41, 5.74) is 0.654. The first-order chi connectivity index (χ1) is 9.19. The third-order valence-corrected chi connectivity index (χ3v) is 3.60. The maximum absolute atomic E-state index is 11.9. The lowest BCUT2D eigenvalue weighted by Gasteiger charge is -1.99. The first kappa shape index (κ1) is 14.1. The minimum absolute atomic E-state index is 0.0449. The van der Waals surface area contributed by atoms with Crippen LogP contribution in [-0.4, -0.2) is 26.7 Å². The van der Waals surface area contributed by atoms with Crippen LogP contribution in [0.15, 0.2) is 29.4 Å². The summed E-state index contributed by atoms with van der Waals surface area (Å²) in [6.45, 7) is 2.08. The minimum Gasteiger partial charge on any atom is -0.293 e. The van der Waals surface area contributed by atoms with Crippen LogP contribution >= 0.6 is 23.4 Å². The highest BCUT2D eigenvalue weighted by molar-refractivity contribution is 7.99. The molecule has 0 spiro atoms. The van der Waals surface area contributed by atoms with E-state index in [4.69, 9.17) is 11.6 Å². The van der Waals surface area contributed by atoms with E-state index in [1.54, 1.807) is 24.3 Å². The van der Waals surface area contributed by atoms with Gasteiger partial charge in [-0.05, 0) is 30.7 Å². The molecule has 0 atom stereocenters. The zero-order valence-corrected chi connectivity index (χ0v) is 12.1. The van der Waals surface area contributed by atoms with E-state index in [9.17, 15) is 4.79 Å². The molecule has 0 aliphatic carbocycles.